The molecular weight excluding hydrogens is 124 g/mol. The van der Waals surface area contributed by atoms with Crippen LogP contribution in [-0.4, -0.2) is 12.2 Å². The predicted octanol–water partition coefficient (Wildman–Crippen LogP) is 3.01. The average molecular weight is 144 g/mol. The number of epoxide rings is 1. The van der Waals surface area contributed by atoms with E-state index in [0.717, 1.165) is 0 Å². The largest absolute Gasteiger partial charge is 0.370 e. The molecule has 1 fully saturated rings. The van der Waals surface area contributed by atoms with Crippen molar-refractivity contribution in [2.24, 2.45) is 0 Å². The van der Waals surface area contributed by atoms with Gasteiger partial charge in [-0.3, -0.25) is 0 Å². The Morgan fingerprint density at radius 1 is 1.00 bits per heavy atom. The number of hydrogen-bond acceptors (Lipinski definition) is 1. The van der Waals surface area contributed by atoms with Gasteiger partial charge in [0.2, 0.25) is 0 Å². The van der Waals surface area contributed by atoms with Crippen LogP contribution >= 0.6 is 0 Å². The number of allylic oxidation sites excluding steroid dienone is 2. The summed E-state index contributed by atoms with van der Waals surface area (Å²) < 4.78 is 4.92. The van der Waals surface area contributed by atoms with Gasteiger partial charge in [0, 0.05) is 0 Å². The van der Waals surface area contributed by atoms with Gasteiger partial charge in [0.25, 0.3) is 0 Å². The van der Waals surface area contributed by atoms with E-state index in [9.17, 15) is 0 Å². The highest BCUT2D eigenvalue weighted by Gasteiger charge is 2.27. The Bertz CT molecular complexity index is 76.7. The van der Waals surface area contributed by atoms with Gasteiger partial charge in [0.05, 0.1) is 12.2 Å². The van der Waals surface area contributed by atoms with Gasteiger partial charge < -0.3 is 4.74 Å². The van der Waals surface area contributed by atoms with E-state index in [2.05, 4.69) is 13.8 Å². The second-order valence-electron chi connectivity index (χ2n) is 2.21. The van der Waals surface area contributed by atoms with Crippen molar-refractivity contribution in [1.29, 1.82) is 0 Å². The fourth-order valence-electron chi connectivity index (χ4n) is 0.293. The molecule has 0 aromatic carbocycles. The molecule has 10 heavy (non-hydrogen) atoms. The number of rotatable bonds is 0. The lowest BCUT2D eigenvalue weighted by Gasteiger charge is -1.57. The van der Waals surface area contributed by atoms with Gasteiger partial charge in [-0.15, -0.1) is 0 Å². The van der Waals surface area contributed by atoms with E-state index in [4.69, 9.17) is 4.74 Å². The van der Waals surface area contributed by atoms with Crippen LogP contribution in [-0.2, 0) is 4.74 Å². The standard InChI is InChI=1S/C4H8O.C4H8.CH4/c1-3-4(2)5-3;1-3-4-2;/h3-4H,1-2H3;3-4H,1-2H3;1H4/b;4-3+;. The van der Waals surface area contributed by atoms with E-state index in [-0.39, 0.29) is 7.43 Å². The first-order chi connectivity index (χ1) is 4.22. The SMILES string of the molecule is C.C/C=C/C.CC1OC1C. The van der Waals surface area contributed by atoms with Crippen molar-refractivity contribution in [2.75, 3.05) is 0 Å². The van der Waals surface area contributed by atoms with Gasteiger partial charge in [0.1, 0.15) is 0 Å². The zero-order valence-corrected chi connectivity index (χ0v) is 6.72. The molecule has 0 spiro atoms. The maximum absolute atomic E-state index is 4.92. The summed E-state index contributed by atoms with van der Waals surface area (Å²) in [7, 11) is 0. The maximum atomic E-state index is 4.92. The molecular formula is C9H20O. The highest BCUT2D eigenvalue weighted by molar-refractivity contribution is 4.73. The quantitative estimate of drug-likeness (QED) is 0.376. The van der Waals surface area contributed by atoms with Crippen LogP contribution in [0.3, 0.4) is 0 Å². The summed E-state index contributed by atoms with van der Waals surface area (Å²) in [6.07, 6.45) is 5.10. The molecule has 0 bridgehead atoms. The summed E-state index contributed by atoms with van der Waals surface area (Å²) in [6.45, 7) is 8.15. The van der Waals surface area contributed by atoms with Crippen LogP contribution in [0.5, 0.6) is 0 Å². The minimum atomic E-state index is 0. The molecule has 1 saturated heterocycles. The van der Waals surface area contributed by atoms with Crippen molar-refractivity contribution in [3.63, 3.8) is 0 Å². The van der Waals surface area contributed by atoms with Crippen LogP contribution in [0.1, 0.15) is 35.1 Å². The lowest BCUT2D eigenvalue weighted by atomic mass is 10.4. The summed E-state index contributed by atoms with van der Waals surface area (Å²) in [5.74, 6) is 0. The van der Waals surface area contributed by atoms with Crippen LogP contribution < -0.4 is 0 Å². The molecule has 0 aliphatic carbocycles. The normalized spacial score (nSPS) is 28.4. The molecule has 1 aliphatic heterocycles. The summed E-state index contributed by atoms with van der Waals surface area (Å²) >= 11 is 0. The van der Waals surface area contributed by atoms with Crippen LogP contribution in [0.15, 0.2) is 12.2 Å². The van der Waals surface area contributed by atoms with Gasteiger partial charge >= 0.3 is 0 Å². The Morgan fingerprint density at radius 3 is 1.20 bits per heavy atom. The predicted molar refractivity (Wildman–Crippen MR) is 47.2 cm³/mol. The maximum Gasteiger partial charge on any atom is 0.0811 e. The summed E-state index contributed by atoms with van der Waals surface area (Å²) in [5, 5.41) is 0. The van der Waals surface area contributed by atoms with Gasteiger partial charge in [0.15, 0.2) is 0 Å². The Morgan fingerprint density at radius 2 is 1.20 bits per heavy atom. The molecule has 0 saturated carbocycles. The van der Waals surface area contributed by atoms with E-state index in [1.54, 1.807) is 0 Å². The van der Waals surface area contributed by atoms with E-state index in [1.165, 1.54) is 0 Å². The smallest absolute Gasteiger partial charge is 0.0811 e. The van der Waals surface area contributed by atoms with Crippen molar-refractivity contribution in [2.45, 2.75) is 47.3 Å². The molecule has 1 rings (SSSR count). The molecule has 2 atom stereocenters. The molecule has 1 aliphatic rings. The zero-order valence-electron chi connectivity index (χ0n) is 6.72. The van der Waals surface area contributed by atoms with Crippen molar-refractivity contribution in [3.8, 4) is 0 Å². The van der Waals surface area contributed by atoms with Crippen molar-refractivity contribution >= 4 is 0 Å². The minimum Gasteiger partial charge on any atom is -0.370 e. The summed E-state index contributed by atoms with van der Waals surface area (Å²) in [4.78, 5) is 0. The Labute approximate surface area is 65.1 Å². The first-order valence-electron chi connectivity index (χ1n) is 3.45. The number of hydrogen-bond donors (Lipinski definition) is 0. The third-order valence-corrected chi connectivity index (χ3v) is 1.35. The molecule has 0 aromatic rings. The zero-order chi connectivity index (χ0) is 7.28. The second kappa shape index (κ2) is 6.81. The van der Waals surface area contributed by atoms with Crippen molar-refractivity contribution < 1.29 is 4.74 Å². The molecule has 0 radical (unpaired) electrons. The lowest BCUT2D eigenvalue weighted by Crippen LogP contribution is -1.74. The molecule has 62 valence electrons. The van der Waals surface area contributed by atoms with Crippen molar-refractivity contribution in [3.05, 3.63) is 12.2 Å². The molecule has 1 nitrogen and oxygen atoms in total. The summed E-state index contributed by atoms with van der Waals surface area (Å²) in [5.41, 5.74) is 0. The second-order valence-corrected chi connectivity index (χ2v) is 2.21. The third-order valence-electron chi connectivity index (χ3n) is 1.35. The molecule has 0 aromatic heterocycles. The van der Waals surface area contributed by atoms with Gasteiger partial charge in [-0.05, 0) is 27.7 Å². The first-order valence-corrected chi connectivity index (χ1v) is 3.45. The van der Waals surface area contributed by atoms with Crippen LogP contribution in [0.4, 0.5) is 0 Å². The third kappa shape index (κ3) is 7.70. The highest BCUT2D eigenvalue weighted by Crippen LogP contribution is 2.18. The van der Waals surface area contributed by atoms with Gasteiger partial charge in [-0.1, -0.05) is 19.6 Å². The fourth-order valence-corrected chi connectivity index (χ4v) is 0.293. The molecule has 0 N–H and O–H groups in total. The molecule has 0 amide bonds. The van der Waals surface area contributed by atoms with Crippen LogP contribution in [0.25, 0.3) is 0 Å². The number of ether oxygens (including phenoxy) is 1. The topological polar surface area (TPSA) is 12.5 Å². The Kier molecular flexibility index (Phi) is 8.44. The molecule has 1 heteroatoms. The molecule has 1 heterocycles. The van der Waals surface area contributed by atoms with E-state index in [1.807, 2.05) is 26.0 Å². The van der Waals surface area contributed by atoms with E-state index < -0.39 is 0 Å². The highest BCUT2D eigenvalue weighted by atomic mass is 16.6. The van der Waals surface area contributed by atoms with Crippen molar-refractivity contribution in [1.82, 2.24) is 0 Å². The van der Waals surface area contributed by atoms with E-state index >= 15 is 0 Å². The first kappa shape index (κ1) is 12.4. The van der Waals surface area contributed by atoms with Gasteiger partial charge in [-0.25, -0.2) is 0 Å². The average Bonchev–Trinajstić information content (AvgIpc) is 2.47. The van der Waals surface area contributed by atoms with Gasteiger partial charge in [-0.2, -0.15) is 0 Å². The Balaban J connectivity index is 0. The van der Waals surface area contributed by atoms with Crippen LogP contribution in [0.2, 0.25) is 0 Å². The van der Waals surface area contributed by atoms with E-state index in [0.29, 0.717) is 12.2 Å². The summed E-state index contributed by atoms with van der Waals surface area (Å²) in [6, 6.07) is 0. The van der Waals surface area contributed by atoms with Crippen LogP contribution in [0, 0.1) is 0 Å². The Hall–Kier alpha value is -0.300. The molecule has 2 unspecified atom stereocenters. The fraction of sp³-hybridized carbons (Fsp3) is 0.778. The minimum absolute atomic E-state index is 0. The lowest BCUT2D eigenvalue weighted by molar-refractivity contribution is 0.389. The monoisotopic (exact) mass is 144 g/mol.